The summed E-state index contributed by atoms with van der Waals surface area (Å²) in [5.41, 5.74) is 1.44. The quantitative estimate of drug-likeness (QED) is 0.770. The third-order valence-electron chi connectivity index (χ3n) is 2.87. The first-order chi connectivity index (χ1) is 9.58. The van der Waals surface area contributed by atoms with Gasteiger partial charge in [-0.25, -0.2) is 0 Å². The maximum atomic E-state index is 11.8. The molecule has 3 rings (SSSR count). The lowest BCUT2D eigenvalue weighted by Gasteiger charge is -2.18. The number of benzene rings is 1. The number of amides is 2. The van der Waals surface area contributed by atoms with Crippen LogP contribution in [0.2, 0.25) is 0 Å². The molecule has 2 fully saturated rings. The number of nitrogens with zero attached hydrogens (tertiary/aromatic N) is 2. The smallest absolute Gasteiger partial charge is 0.243 e. The zero-order valence-electron chi connectivity index (χ0n) is 10.1. The van der Waals surface area contributed by atoms with Crippen LogP contribution in [0.3, 0.4) is 0 Å². The number of hydrogen-bond donors (Lipinski definition) is 0. The van der Waals surface area contributed by atoms with Gasteiger partial charge in [0, 0.05) is 0 Å². The first-order valence-electron chi connectivity index (χ1n) is 5.67. The molecule has 102 valence electrons. The number of thiocarbonyl (C=S) groups is 2. The molecule has 4 nitrogen and oxygen atoms in total. The standard InChI is InChI=1S/C12H8N2O2S4/c15-9-5-19-11(17)13(9)7-1-2-8(4-3-7)14-10(16)6-20-12(14)18/h1-4H,5-6H2. The molecule has 0 aliphatic carbocycles. The number of rotatable bonds is 2. The van der Waals surface area contributed by atoms with Crippen LogP contribution in [0.1, 0.15) is 0 Å². The molecule has 1 aromatic carbocycles. The van der Waals surface area contributed by atoms with Gasteiger partial charge in [0.25, 0.3) is 0 Å². The summed E-state index contributed by atoms with van der Waals surface area (Å²) in [6, 6.07) is 7.13. The van der Waals surface area contributed by atoms with Gasteiger partial charge in [-0.15, -0.1) is 0 Å². The van der Waals surface area contributed by atoms with E-state index in [0.29, 0.717) is 20.1 Å². The predicted molar refractivity (Wildman–Crippen MR) is 91.5 cm³/mol. The summed E-state index contributed by atoms with van der Waals surface area (Å²) in [7, 11) is 0. The first-order valence-corrected chi connectivity index (χ1v) is 8.46. The Hall–Kier alpha value is -0.960. The molecule has 2 aliphatic rings. The molecule has 0 aromatic heterocycles. The van der Waals surface area contributed by atoms with Crippen LogP contribution in [0.25, 0.3) is 0 Å². The maximum absolute atomic E-state index is 11.8. The van der Waals surface area contributed by atoms with E-state index in [4.69, 9.17) is 24.4 Å². The van der Waals surface area contributed by atoms with Gasteiger partial charge >= 0.3 is 0 Å². The van der Waals surface area contributed by atoms with Gasteiger partial charge < -0.3 is 0 Å². The lowest BCUT2D eigenvalue weighted by molar-refractivity contribution is -0.115. The Morgan fingerprint density at radius 1 is 0.800 bits per heavy atom. The summed E-state index contributed by atoms with van der Waals surface area (Å²) in [5.74, 6) is 0.727. The van der Waals surface area contributed by atoms with Crippen molar-refractivity contribution in [1.82, 2.24) is 0 Å². The number of anilines is 2. The summed E-state index contributed by atoms with van der Waals surface area (Å²) < 4.78 is 1.12. The molecule has 20 heavy (non-hydrogen) atoms. The van der Waals surface area contributed by atoms with Crippen molar-refractivity contribution in [2.24, 2.45) is 0 Å². The van der Waals surface area contributed by atoms with E-state index >= 15 is 0 Å². The normalized spacial score (nSPS) is 19.4. The molecule has 0 N–H and O–H groups in total. The van der Waals surface area contributed by atoms with Crippen LogP contribution in [0.15, 0.2) is 24.3 Å². The first kappa shape index (κ1) is 14.0. The molecule has 0 spiro atoms. The number of carbonyl (C=O) groups excluding carboxylic acids is 2. The fourth-order valence-electron chi connectivity index (χ4n) is 1.96. The SMILES string of the molecule is O=C1CSC(=S)N1c1ccc(N2C(=O)CSC2=S)cc1. The molecule has 0 saturated carbocycles. The van der Waals surface area contributed by atoms with Crippen LogP contribution in [-0.4, -0.2) is 32.0 Å². The van der Waals surface area contributed by atoms with Crippen molar-refractivity contribution < 1.29 is 9.59 Å². The van der Waals surface area contributed by atoms with Gasteiger partial charge in [0.05, 0.1) is 22.9 Å². The van der Waals surface area contributed by atoms with E-state index in [9.17, 15) is 9.59 Å². The summed E-state index contributed by atoms with van der Waals surface area (Å²) in [6.45, 7) is 0. The Kier molecular flexibility index (Phi) is 3.80. The van der Waals surface area contributed by atoms with Crippen molar-refractivity contribution in [3.63, 3.8) is 0 Å². The van der Waals surface area contributed by atoms with Crippen molar-refractivity contribution in [3.8, 4) is 0 Å². The lowest BCUT2D eigenvalue weighted by Crippen LogP contribution is -2.29. The van der Waals surface area contributed by atoms with Crippen LogP contribution < -0.4 is 9.80 Å². The van der Waals surface area contributed by atoms with Crippen molar-refractivity contribution in [1.29, 1.82) is 0 Å². The molecule has 1 aromatic rings. The Morgan fingerprint density at radius 2 is 1.15 bits per heavy atom. The molecule has 2 saturated heterocycles. The molecular formula is C12H8N2O2S4. The fraction of sp³-hybridized carbons (Fsp3) is 0.167. The number of hydrogen-bond acceptors (Lipinski definition) is 6. The van der Waals surface area contributed by atoms with E-state index in [-0.39, 0.29) is 11.8 Å². The molecule has 2 amide bonds. The number of carbonyl (C=O) groups is 2. The molecule has 0 radical (unpaired) electrons. The highest BCUT2D eigenvalue weighted by Gasteiger charge is 2.30. The van der Waals surface area contributed by atoms with Gasteiger partial charge in [-0.2, -0.15) is 0 Å². The van der Waals surface area contributed by atoms with Crippen LogP contribution in [0.5, 0.6) is 0 Å². The Balaban J connectivity index is 1.88. The molecule has 2 aliphatic heterocycles. The monoisotopic (exact) mass is 340 g/mol. The summed E-state index contributed by atoms with van der Waals surface area (Å²) >= 11 is 13.0. The van der Waals surface area contributed by atoms with Crippen molar-refractivity contribution in [2.45, 2.75) is 0 Å². The van der Waals surface area contributed by atoms with E-state index in [2.05, 4.69) is 0 Å². The Morgan fingerprint density at radius 3 is 1.40 bits per heavy atom. The summed E-state index contributed by atoms with van der Waals surface area (Å²) in [4.78, 5) is 26.6. The lowest BCUT2D eigenvalue weighted by atomic mass is 10.2. The molecule has 0 unspecified atom stereocenters. The van der Waals surface area contributed by atoms with E-state index in [0.717, 1.165) is 11.4 Å². The van der Waals surface area contributed by atoms with Gasteiger partial charge in [-0.3, -0.25) is 19.4 Å². The maximum Gasteiger partial charge on any atom is 0.243 e. The molecule has 2 heterocycles. The van der Waals surface area contributed by atoms with Crippen LogP contribution >= 0.6 is 48.0 Å². The van der Waals surface area contributed by atoms with E-state index in [1.807, 2.05) is 0 Å². The number of thioether (sulfide) groups is 2. The minimum atomic E-state index is -0.0175. The Bertz CT molecular complexity index is 542. The van der Waals surface area contributed by atoms with Crippen LogP contribution in [0.4, 0.5) is 11.4 Å². The van der Waals surface area contributed by atoms with Crippen LogP contribution in [-0.2, 0) is 9.59 Å². The van der Waals surface area contributed by atoms with E-state index in [1.54, 1.807) is 24.3 Å². The predicted octanol–water partition coefficient (Wildman–Crippen LogP) is 2.42. The molecule has 8 heteroatoms. The second-order valence-corrected chi connectivity index (χ2v) is 7.30. The van der Waals surface area contributed by atoms with Gasteiger partial charge in [0.2, 0.25) is 11.8 Å². The van der Waals surface area contributed by atoms with E-state index in [1.165, 1.54) is 33.3 Å². The largest absolute Gasteiger partial charge is 0.273 e. The average molecular weight is 340 g/mol. The highest BCUT2D eigenvalue weighted by molar-refractivity contribution is 8.25. The fourth-order valence-corrected chi connectivity index (χ4v) is 4.15. The summed E-state index contributed by atoms with van der Waals surface area (Å²) in [6.07, 6.45) is 0. The van der Waals surface area contributed by atoms with Gasteiger partial charge in [0.1, 0.15) is 8.64 Å². The second kappa shape index (κ2) is 5.44. The van der Waals surface area contributed by atoms with Crippen molar-refractivity contribution >= 4 is 79.8 Å². The zero-order valence-corrected chi connectivity index (χ0v) is 13.3. The zero-order chi connectivity index (χ0) is 14.3. The third kappa shape index (κ3) is 2.37. The van der Waals surface area contributed by atoms with Crippen molar-refractivity contribution in [2.75, 3.05) is 21.3 Å². The minimum Gasteiger partial charge on any atom is -0.273 e. The van der Waals surface area contributed by atoms with E-state index < -0.39 is 0 Å². The molecule has 0 bridgehead atoms. The molecule has 0 atom stereocenters. The highest BCUT2D eigenvalue weighted by atomic mass is 32.2. The van der Waals surface area contributed by atoms with Gasteiger partial charge in [-0.05, 0) is 24.3 Å². The van der Waals surface area contributed by atoms with Gasteiger partial charge in [-0.1, -0.05) is 48.0 Å². The highest BCUT2D eigenvalue weighted by Crippen LogP contribution is 2.31. The van der Waals surface area contributed by atoms with Crippen molar-refractivity contribution in [3.05, 3.63) is 24.3 Å². The van der Waals surface area contributed by atoms with Crippen LogP contribution in [0, 0.1) is 0 Å². The second-order valence-electron chi connectivity index (χ2n) is 4.08. The topological polar surface area (TPSA) is 40.6 Å². The summed E-state index contributed by atoms with van der Waals surface area (Å²) in [5, 5.41) is 0. The Labute approximate surface area is 134 Å². The van der Waals surface area contributed by atoms with Gasteiger partial charge in [0.15, 0.2) is 0 Å². The molecular weight excluding hydrogens is 332 g/mol. The minimum absolute atomic E-state index is 0.0175. The third-order valence-corrected chi connectivity index (χ3v) is 5.58. The average Bonchev–Trinajstić information content (AvgIpc) is 2.94.